The molecule has 0 saturated carbocycles. The number of carbonyl (C=O) groups is 2. The first-order valence-electron chi connectivity index (χ1n) is 11.0. The quantitative estimate of drug-likeness (QED) is 0.477. The van der Waals surface area contributed by atoms with Crippen molar-refractivity contribution in [3.63, 3.8) is 0 Å². The summed E-state index contributed by atoms with van der Waals surface area (Å²) in [5, 5.41) is 3.30. The van der Waals surface area contributed by atoms with Crippen LogP contribution in [0.2, 0.25) is 0 Å². The van der Waals surface area contributed by atoms with Gasteiger partial charge in [0.15, 0.2) is 5.11 Å². The highest BCUT2D eigenvalue weighted by atomic mass is 32.1. The Hall–Kier alpha value is -3.78. The number of methoxy groups -OCH3 is 1. The van der Waals surface area contributed by atoms with Crippen LogP contribution in [0.5, 0.6) is 5.75 Å². The van der Waals surface area contributed by atoms with Gasteiger partial charge in [0, 0.05) is 31.2 Å². The van der Waals surface area contributed by atoms with Crippen molar-refractivity contribution >= 4 is 34.8 Å². The summed E-state index contributed by atoms with van der Waals surface area (Å²) in [6.45, 7) is 0.864. The van der Waals surface area contributed by atoms with Gasteiger partial charge in [0.2, 0.25) is 5.91 Å². The molecule has 8 heteroatoms. The predicted molar refractivity (Wildman–Crippen MR) is 134 cm³/mol. The largest absolute Gasteiger partial charge is 0.497 e. The molecule has 0 spiro atoms. The van der Waals surface area contributed by atoms with E-state index in [9.17, 15) is 9.59 Å². The minimum absolute atomic E-state index is 0.00684. The lowest BCUT2D eigenvalue weighted by molar-refractivity contribution is -0.130. The summed E-state index contributed by atoms with van der Waals surface area (Å²) in [6.07, 6.45) is 4.11. The second-order valence-corrected chi connectivity index (χ2v) is 8.36. The van der Waals surface area contributed by atoms with E-state index in [-0.39, 0.29) is 18.2 Å². The molecule has 1 aliphatic rings. The Kier molecular flexibility index (Phi) is 7.49. The lowest BCUT2D eigenvalue weighted by atomic mass is 10.1. The van der Waals surface area contributed by atoms with Crippen LogP contribution in [0.1, 0.15) is 17.5 Å². The maximum Gasteiger partial charge on any atom is 0.252 e. The zero-order chi connectivity index (χ0) is 23.9. The molecule has 174 valence electrons. The van der Waals surface area contributed by atoms with E-state index in [0.717, 1.165) is 11.1 Å². The third-order valence-corrected chi connectivity index (χ3v) is 6.15. The summed E-state index contributed by atoms with van der Waals surface area (Å²) in [4.78, 5) is 33.9. The lowest BCUT2D eigenvalue weighted by Gasteiger charge is -2.24. The standard InChI is InChI=1S/C26H26N4O3S/c1-33-22-11-9-21(10-12-22)28-24(31)16-23-25(32)29(15-13-19-6-3-2-4-7-19)26(34)30(23)18-20-8-5-14-27-17-20/h2-12,14,17,23H,13,15-16,18H2,1H3,(H,28,31)/t23-/m1/s1. The number of nitrogens with zero attached hydrogens (tertiary/aromatic N) is 3. The zero-order valence-electron chi connectivity index (χ0n) is 18.9. The van der Waals surface area contributed by atoms with Crippen molar-refractivity contribution < 1.29 is 14.3 Å². The Labute approximate surface area is 204 Å². The lowest BCUT2D eigenvalue weighted by Crippen LogP contribution is -2.37. The zero-order valence-corrected chi connectivity index (χ0v) is 19.7. The SMILES string of the molecule is COc1ccc(NC(=O)C[C@@H]2C(=O)N(CCc3ccccc3)C(=S)N2Cc2cccnc2)cc1. The number of benzene rings is 2. The van der Waals surface area contributed by atoms with Gasteiger partial charge in [-0.25, -0.2) is 0 Å². The van der Waals surface area contributed by atoms with E-state index in [1.807, 2.05) is 47.4 Å². The number of carbonyl (C=O) groups excluding carboxylic acids is 2. The monoisotopic (exact) mass is 474 g/mol. The van der Waals surface area contributed by atoms with Crippen LogP contribution in [-0.2, 0) is 22.6 Å². The molecule has 0 bridgehead atoms. The third kappa shape index (κ3) is 5.58. The number of anilines is 1. The van der Waals surface area contributed by atoms with Crippen LogP contribution in [0.15, 0.2) is 79.1 Å². The molecular weight excluding hydrogens is 448 g/mol. The first kappa shape index (κ1) is 23.4. The molecule has 4 rings (SSSR count). The van der Waals surface area contributed by atoms with E-state index < -0.39 is 6.04 Å². The summed E-state index contributed by atoms with van der Waals surface area (Å²) in [7, 11) is 1.59. The molecule has 2 aromatic carbocycles. The number of aromatic nitrogens is 1. The molecule has 1 fully saturated rings. The number of rotatable bonds is 9. The van der Waals surface area contributed by atoms with Crippen LogP contribution in [0, 0.1) is 0 Å². The maximum absolute atomic E-state index is 13.4. The van der Waals surface area contributed by atoms with Crippen molar-refractivity contribution in [3.8, 4) is 5.75 Å². The van der Waals surface area contributed by atoms with Crippen molar-refractivity contribution in [1.82, 2.24) is 14.8 Å². The number of thiocarbonyl (C=S) groups is 1. The van der Waals surface area contributed by atoms with Crippen LogP contribution >= 0.6 is 12.2 Å². The van der Waals surface area contributed by atoms with E-state index >= 15 is 0 Å². The van der Waals surface area contributed by atoms with Gasteiger partial charge in [0.05, 0.1) is 13.5 Å². The number of hydrogen-bond acceptors (Lipinski definition) is 5. The molecule has 0 unspecified atom stereocenters. The van der Waals surface area contributed by atoms with E-state index in [0.29, 0.717) is 36.1 Å². The van der Waals surface area contributed by atoms with Gasteiger partial charge in [-0.15, -0.1) is 0 Å². The normalized spacial score (nSPS) is 15.5. The highest BCUT2D eigenvalue weighted by molar-refractivity contribution is 7.80. The van der Waals surface area contributed by atoms with Crippen LogP contribution in [0.4, 0.5) is 5.69 Å². The molecular formula is C26H26N4O3S. The highest BCUT2D eigenvalue weighted by Gasteiger charge is 2.43. The number of amides is 2. The molecule has 3 aromatic rings. The van der Waals surface area contributed by atoms with Crippen LogP contribution in [0.3, 0.4) is 0 Å². The molecule has 0 aliphatic carbocycles. The van der Waals surface area contributed by atoms with E-state index in [2.05, 4.69) is 10.3 Å². The van der Waals surface area contributed by atoms with Crippen molar-refractivity contribution in [2.24, 2.45) is 0 Å². The van der Waals surface area contributed by atoms with E-state index in [1.54, 1.807) is 48.7 Å². The van der Waals surface area contributed by atoms with Gasteiger partial charge in [0.1, 0.15) is 11.8 Å². The van der Waals surface area contributed by atoms with Crippen LogP contribution in [-0.4, -0.2) is 51.4 Å². The molecule has 1 N–H and O–H groups in total. The Morgan fingerprint density at radius 1 is 1.06 bits per heavy atom. The summed E-state index contributed by atoms with van der Waals surface area (Å²) < 4.78 is 5.16. The first-order valence-corrected chi connectivity index (χ1v) is 11.4. The average Bonchev–Trinajstić information content (AvgIpc) is 3.08. The second kappa shape index (κ2) is 10.9. The Morgan fingerprint density at radius 3 is 2.47 bits per heavy atom. The van der Waals surface area contributed by atoms with Crippen LogP contribution < -0.4 is 10.1 Å². The Morgan fingerprint density at radius 2 is 1.79 bits per heavy atom. The molecule has 34 heavy (non-hydrogen) atoms. The Balaban J connectivity index is 1.49. The average molecular weight is 475 g/mol. The molecule has 1 aromatic heterocycles. The van der Waals surface area contributed by atoms with Crippen LogP contribution in [0.25, 0.3) is 0 Å². The van der Waals surface area contributed by atoms with Gasteiger partial charge >= 0.3 is 0 Å². The number of ether oxygens (including phenoxy) is 1. The minimum atomic E-state index is -0.679. The number of hydrogen-bond donors (Lipinski definition) is 1. The van der Waals surface area contributed by atoms with Gasteiger partial charge < -0.3 is 15.0 Å². The third-order valence-electron chi connectivity index (χ3n) is 5.70. The fourth-order valence-electron chi connectivity index (χ4n) is 3.91. The van der Waals surface area contributed by atoms with Crippen molar-refractivity contribution in [2.75, 3.05) is 19.0 Å². The minimum Gasteiger partial charge on any atom is -0.497 e. The molecule has 2 amide bonds. The smallest absolute Gasteiger partial charge is 0.252 e. The van der Waals surface area contributed by atoms with Gasteiger partial charge in [-0.3, -0.25) is 19.5 Å². The number of nitrogens with one attached hydrogen (secondary N) is 1. The molecule has 2 heterocycles. The summed E-state index contributed by atoms with van der Waals surface area (Å²) in [6, 6.07) is 20.1. The Bertz CT molecular complexity index is 1140. The molecule has 1 atom stereocenters. The van der Waals surface area contributed by atoms with Crippen molar-refractivity contribution in [2.45, 2.75) is 25.4 Å². The van der Waals surface area contributed by atoms with Gasteiger partial charge in [-0.2, -0.15) is 0 Å². The molecule has 7 nitrogen and oxygen atoms in total. The second-order valence-electron chi connectivity index (χ2n) is 7.99. The topological polar surface area (TPSA) is 74.8 Å². The highest BCUT2D eigenvalue weighted by Crippen LogP contribution is 2.24. The van der Waals surface area contributed by atoms with Gasteiger partial charge in [-0.05, 0) is 60.1 Å². The summed E-state index contributed by atoms with van der Waals surface area (Å²) >= 11 is 5.71. The summed E-state index contributed by atoms with van der Waals surface area (Å²) in [5.41, 5.74) is 2.68. The molecule has 0 radical (unpaired) electrons. The number of pyridine rings is 1. The van der Waals surface area contributed by atoms with Gasteiger partial charge in [0.25, 0.3) is 5.91 Å². The predicted octanol–water partition coefficient (Wildman–Crippen LogP) is 3.66. The first-order chi connectivity index (χ1) is 16.5. The summed E-state index contributed by atoms with van der Waals surface area (Å²) in [5.74, 6) is 0.285. The van der Waals surface area contributed by atoms with Crippen molar-refractivity contribution in [3.05, 3.63) is 90.3 Å². The molecule has 1 aliphatic heterocycles. The maximum atomic E-state index is 13.4. The fourth-order valence-corrected chi connectivity index (χ4v) is 4.29. The van der Waals surface area contributed by atoms with E-state index in [1.165, 1.54) is 0 Å². The van der Waals surface area contributed by atoms with E-state index in [4.69, 9.17) is 17.0 Å². The molecule has 1 saturated heterocycles. The fraction of sp³-hybridized carbons (Fsp3) is 0.231. The van der Waals surface area contributed by atoms with Crippen molar-refractivity contribution in [1.29, 1.82) is 0 Å². The van der Waals surface area contributed by atoms with Gasteiger partial charge in [-0.1, -0.05) is 36.4 Å².